The van der Waals surface area contributed by atoms with Gasteiger partial charge in [0.05, 0.1) is 0 Å². The number of likely N-dealkylation sites (tertiary alicyclic amines) is 1. The molecule has 1 aromatic carbocycles. The highest BCUT2D eigenvalue weighted by atomic mass is 32.2. The number of sulfonamides is 1. The Morgan fingerprint density at radius 3 is 2.96 bits per heavy atom. The number of benzene rings is 1. The summed E-state index contributed by atoms with van der Waals surface area (Å²) in [5.74, 6) is 0.658. The van der Waals surface area contributed by atoms with E-state index < -0.39 is 10.0 Å². The second kappa shape index (κ2) is 9.36. The maximum Gasteiger partial charge on any atom is 0.253 e. The minimum absolute atomic E-state index is 0.0603. The van der Waals surface area contributed by atoms with Gasteiger partial charge in [0, 0.05) is 25.2 Å². The van der Waals surface area contributed by atoms with E-state index in [0.717, 1.165) is 12.8 Å². The lowest BCUT2D eigenvalue weighted by atomic mass is 9.97. The van der Waals surface area contributed by atoms with Gasteiger partial charge in [-0.3, -0.25) is 4.79 Å². The fourth-order valence-corrected chi connectivity index (χ4v) is 5.34. The van der Waals surface area contributed by atoms with E-state index in [0.29, 0.717) is 41.8 Å². The molecule has 0 radical (unpaired) electrons. The molecule has 0 saturated carbocycles. The van der Waals surface area contributed by atoms with Crippen LogP contribution in [-0.2, 0) is 10.0 Å². The number of amides is 1. The first-order valence-corrected chi connectivity index (χ1v) is 11.5. The standard InChI is InChI=1S/C20H24N2O4S2/c1-2-11-26-18-8-3-7-17(13-18)20(23)22-10-4-6-16(15-22)14-21-28(24,25)19-9-5-12-27-19/h2-3,5,7-9,12-13,16,21H,1,4,6,10-11,14-15H2/t16-/m1/s1. The fraction of sp³-hybridized carbons (Fsp3) is 0.350. The molecule has 6 nitrogen and oxygen atoms in total. The molecule has 8 heteroatoms. The summed E-state index contributed by atoms with van der Waals surface area (Å²) in [6.45, 7) is 5.53. The van der Waals surface area contributed by atoms with Gasteiger partial charge in [-0.1, -0.05) is 24.8 Å². The van der Waals surface area contributed by atoms with Crippen LogP contribution in [0.4, 0.5) is 0 Å². The number of nitrogens with one attached hydrogen (secondary N) is 1. The topological polar surface area (TPSA) is 75.7 Å². The van der Waals surface area contributed by atoms with Crippen LogP contribution in [0, 0.1) is 5.92 Å². The van der Waals surface area contributed by atoms with E-state index in [1.807, 2.05) is 0 Å². The molecule has 3 rings (SSSR count). The smallest absolute Gasteiger partial charge is 0.253 e. The molecule has 1 saturated heterocycles. The van der Waals surface area contributed by atoms with Crippen LogP contribution in [0.25, 0.3) is 0 Å². The molecule has 1 amide bonds. The van der Waals surface area contributed by atoms with E-state index in [1.54, 1.807) is 52.8 Å². The van der Waals surface area contributed by atoms with Crippen molar-refractivity contribution < 1.29 is 17.9 Å². The average molecular weight is 421 g/mol. The van der Waals surface area contributed by atoms with E-state index in [4.69, 9.17) is 4.74 Å². The molecule has 0 unspecified atom stereocenters. The molecular formula is C20H24N2O4S2. The SMILES string of the molecule is C=CCOc1cccc(C(=O)N2CCC[C@H](CNS(=O)(=O)c3cccs3)C2)c1. The highest BCUT2D eigenvalue weighted by Gasteiger charge is 2.26. The molecule has 1 atom stereocenters. The van der Waals surface area contributed by atoms with Crippen LogP contribution >= 0.6 is 11.3 Å². The number of nitrogens with zero attached hydrogens (tertiary/aromatic N) is 1. The van der Waals surface area contributed by atoms with Gasteiger partial charge < -0.3 is 9.64 Å². The second-order valence-corrected chi connectivity index (χ2v) is 9.61. The van der Waals surface area contributed by atoms with Crippen LogP contribution in [0.2, 0.25) is 0 Å². The Bertz CT molecular complexity index is 910. The van der Waals surface area contributed by atoms with Gasteiger partial charge in [0.1, 0.15) is 16.6 Å². The van der Waals surface area contributed by atoms with Crippen molar-refractivity contribution >= 4 is 27.3 Å². The molecule has 1 aliphatic rings. The molecule has 1 aromatic heterocycles. The van der Waals surface area contributed by atoms with Gasteiger partial charge >= 0.3 is 0 Å². The first kappa shape index (κ1) is 20.6. The lowest BCUT2D eigenvalue weighted by Crippen LogP contribution is -2.43. The van der Waals surface area contributed by atoms with Gasteiger partial charge in [0.2, 0.25) is 10.0 Å². The van der Waals surface area contributed by atoms with Crippen LogP contribution in [-0.4, -0.2) is 45.5 Å². The summed E-state index contributed by atoms with van der Waals surface area (Å²) in [5.41, 5.74) is 0.571. The van der Waals surface area contributed by atoms with Crippen molar-refractivity contribution in [2.75, 3.05) is 26.2 Å². The first-order valence-electron chi connectivity index (χ1n) is 9.16. The number of ether oxygens (including phenoxy) is 1. The average Bonchev–Trinajstić information content (AvgIpc) is 3.27. The highest BCUT2D eigenvalue weighted by molar-refractivity contribution is 7.91. The van der Waals surface area contributed by atoms with Crippen molar-refractivity contribution in [1.82, 2.24) is 9.62 Å². The Morgan fingerprint density at radius 1 is 1.36 bits per heavy atom. The number of thiophene rings is 1. The normalized spacial score (nSPS) is 17.3. The fourth-order valence-electron chi connectivity index (χ4n) is 3.19. The van der Waals surface area contributed by atoms with Crippen molar-refractivity contribution in [2.45, 2.75) is 17.1 Å². The van der Waals surface area contributed by atoms with Crippen molar-refractivity contribution in [3.8, 4) is 5.75 Å². The van der Waals surface area contributed by atoms with E-state index in [1.165, 1.54) is 11.3 Å². The monoisotopic (exact) mass is 420 g/mol. The Balaban J connectivity index is 1.60. The van der Waals surface area contributed by atoms with E-state index >= 15 is 0 Å². The van der Waals surface area contributed by atoms with E-state index in [2.05, 4.69) is 11.3 Å². The number of rotatable bonds is 8. The largest absolute Gasteiger partial charge is 0.490 e. The van der Waals surface area contributed by atoms with Crippen molar-refractivity contribution in [2.24, 2.45) is 5.92 Å². The lowest BCUT2D eigenvalue weighted by Gasteiger charge is -2.33. The lowest BCUT2D eigenvalue weighted by molar-refractivity contribution is 0.0676. The number of carbonyl (C=O) groups is 1. The molecule has 28 heavy (non-hydrogen) atoms. The van der Waals surface area contributed by atoms with Gasteiger partial charge in [-0.25, -0.2) is 13.1 Å². The van der Waals surface area contributed by atoms with Crippen LogP contribution in [0.5, 0.6) is 5.75 Å². The van der Waals surface area contributed by atoms with Crippen LogP contribution in [0.15, 0.2) is 58.6 Å². The van der Waals surface area contributed by atoms with Gasteiger partial charge in [-0.05, 0) is 48.4 Å². The number of hydrogen-bond donors (Lipinski definition) is 1. The predicted octanol–water partition coefficient (Wildman–Crippen LogP) is 3.14. The molecule has 150 valence electrons. The van der Waals surface area contributed by atoms with E-state index in [-0.39, 0.29) is 11.8 Å². The highest BCUT2D eigenvalue weighted by Crippen LogP contribution is 2.22. The molecule has 1 aliphatic heterocycles. The third-order valence-corrected chi connectivity index (χ3v) is 7.40. The molecule has 2 aromatic rings. The quantitative estimate of drug-likeness (QED) is 0.666. The summed E-state index contributed by atoms with van der Waals surface area (Å²) >= 11 is 1.19. The summed E-state index contributed by atoms with van der Waals surface area (Å²) in [6.07, 6.45) is 3.39. The molecule has 2 heterocycles. The Kier molecular flexibility index (Phi) is 6.88. The number of hydrogen-bond acceptors (Lipinski definition) is 5. The zero-order valence-corrected chi connectivity index (χ0v) is 17.2. The minimum Gasteiger partial charge on any atom is -0.490 e. The number of carbonyl (C=O) groups excluding carboxylic acids is 1. The molecule has 0 bridgehead atoms. The maximum atomic E-state index is 12.9. The Hall–Kier alpha value is -2.16. The zero-order chi connectivity index (χ0) is 20.0. The summed E-state index contributed by atoms with van der Waals surface area (Å²) in [4.78, 5) is 14.7. The molecule has 0 spiro atoms. The van der Waals surface area contributed by atoms with Gasteiger partial charge in [0.25, 0.3) is 5.91 Å². The summed E-state index contributed by atoms with van der Waals surface area (Å²) in [7, 11) is -3.48. The van der Waals surface area contributed by atoms with Crippen LogP contribution < -0.4 is 9.46 Å². The van der Waals surface area contributed by atoms with Gasteiger partial charge in [-0.2, -0.15) is 0 Å². The predicted molar refractivity (Wildman–Crippen MR) is 110 cm³/mol. The van der Waals surface area contributed by atoms with Crippen molar-refractivity contribution in [1.29, 1.82) is 0 Å². The zero-order valence-electron chi connectivity index (χ0n) is 15.5. The summed E-state index contributed by atoms with van der Waals surface area (Å²) in [6, 6.07) is 10.4. The Labute approximate surface area is 169 Å². The number of piperidine rings is 1. The molecule has 0 aliphatic carbocycles. The van der Waals surface area contributed by atoms with Crippen molar-refractivity contribution in [3.05, 3.63) is 60.0 Å². The van der Waals surface area contributed by atoms with Crippen LogP contribution in [0.3, 0.4) is 0 Å². The minimum atomic E-state index is -3.48. The summed E-state index contributed by atoms with van der Waals surface area (Å²) in [5, 5.41) is 1.74. The summed E-state index contributed by atoms with van der Waals surface area (Å²) < 4.78 is 33.1. The molecule has 1 N–H and O–H groups in total. The van der Waals surface area contributed by atoms with Gasteiger partial charge in [0.15, 0.2) is 0 Å². The van der Waals surface area contributed by atoms with Gasteiger partial charge in [-0.15, -0.1) is 11.3 Å². The van der Waals surface area contributed by atoms with E-state index in [9.17, 15) is 13.2 Å². The third kappa shape index (κ3) is 5.21. The third-order valence-electron chi connectivity index (χ3n) is 4.58. The van der Waals surface area contributed by atoms with Crippen molar-refractivity contribution in [3.63, 3.8) is 0 Å². The maximum absolute atomic E-state index is 12.9. The molecular weight excluding hydrogens is 396 g/mol. The van der Waals surface area contributed by atoms with Crippen LogP contribution in [0.1, 0.15) is 23.2 Å². The first-order chi connectivity index (χ1) is 13.5. The Morgan fingerprint density at radius 2 is 2.21 bits per heavy atom. The molecule has 1 fully saturated rings. The second-order valence-electron chi connectivity index (χ2n) is 6.67.